The molecule has 0 amide bonds. The summed E-state index contributed by atoms with van der Waals surface area (Å²) in [4.78, 5) is 15.5. The van der Waals surface area contributed by atoms with Crippen LogP contribution in [-0.4, -0.2) is 18.2 Å². The van der Waals surface area contributed by atoms with Crippen LogP contribution in [0.5, 0.6) is 0 Å². The first kappa shape index (κ1) is 13.8. The Balaban J connectivity index is 2.38. The number of rotatable bonds is 4. The number of benzene rings is 1. The first-order valence-electron chi connectivity index (χ1n) is 5.97. The van der Waals surface area contributed by atoms with Crippen molar-refractivity contribution >= 4 is 28.1 Å². The molecule has 0 fully saturated rings. The summed E-state index contributed by atoms with van der Waals surface area (Å²) in [5.74, 6) is 0.593. The molecule has 1 aliphatic heterocycles. The first-order valence-corrected chi connectivity index (χ1v) is 6.76. The van der Waals surface area contributed by atoms with Crippen molar-refractivity contribution in [2.75, 3.05) is 0 Å². The van der Waals surface area contributed by atoms with E-state index in [-0.39, 0.29) is 6.04 Å². The van der Waals surface area contributed by atoms with E-state index in [1.807, 2.05) is 31.2 Å². The smallest absolute Gasteiger partial charge is 0.170 e. The van der Waals surface area contributed by atoms with Crippen molar-refractivity contribution in [3.63, 3.8) is 0 Å². The molecule has 5 nitrogen and oxygen atoms in total. The van der Waals surface area contributed by atoms with E-state index >= 15 is 0 Å². The standard InChI is InChI=1S/C13H15BrN4O/c1-2-10(15)12-11(7-19)16-13(18-17-12)8-4-3-5-9(14)6-8/h3-7,10,17H,2,15H2,1H3,(H,16,18). The van der Waals surface area contributed by atoms with Crippen LogP contribution in [0.25, 0.3) is 0 Å². The number of nitrogens with zero attached hydrogens (tertiary/aromatic N) is 1. The fourth-order valence-electron chi connectivity index (χ4n) is 1.75. The van der Waals surface area contributed by atoms with E-state index in [0.717, 1.165) is 22.7 Å². The molecular weight excluding hydrogens is 308 g/mol. The minimum atomic E-state index is -0.236. The number of amidine groups is 1. The number of aliphatic imine (C=N–C) groups is 1. The van der Waals surface area contributed by atoms with E-state index in [9.17, 15) is 4.79 Å². The molecule has 0 saturated heterocycles. The minimum Gasteiger partial charge on any atom is -0.323 e. The summed E-state index contributed by atoms with van der Waals surface area (Å²) in [6.07, 6.45) is 1.44. The van der Waals surface area contributed by atoms with Gasteiger partial charge in [0, 0.05) is 16.1 Å². The van der Waals surface area contributed by atoms with Gasteiger partial charge in [-0.05, 0) is 18.6 Å². The van der Waals surface area contributed by atoms with Crippen LogP contribution in [0.3, 0.4) is 0 Å². The maximum absolute atomic E-state index is 11.1. The van der Waals surface area contributed by atoms with Crippen LogP contribution in [0.4, 0.5) is 0 Å². The molecule has 100 valence electrons. The Morgan fingerprint density at radius 3 is 2.89 bits per heavy atom. The lowest BCUT2D eigenvalue weighted by molar-refractivity contribution is -0.105. The molecule has 1 aromatic rings. The van der Waals surface area contributed by atoms with E-state index < -0.39 is 0 Å². The number of nitrogens with one attached hydrogen (secondary N) is 2. The third-order valence-electron chi connectivity index (χ3n) is 2.84. The summed E-state index contributed by atoms with van der Waals surface area (Å²) >= 11 is 3.40. The van der Waals surface area contributed by atoms with E-state index in [1.165, 1.54) is 0 Å². The summed E-state index contributed by atoms with van der Waals surface area (Å²) in [5.41, 5.74) is 13.7. The van der Waals surface area contributed by atoms with Crippen molar-refractivity contribution in [1.29, 1.82) is 0 Å². The molecule has 2 rings (SSSR count). The normalized spacial score (nSPS) is 16.3. The average Bonchev–Trinajstić information content (AvgIpc) is 2.45. The Labute approximate surface area is 120 Å². The van der Waals surface area contributed by atoms with Crippen molar-refractivity contribution in [2.24, 2.45) is 10.7 Å². The van der Waals surface area contributed by atoms with Crippen LogP contribution in [0, 0.1) is 0 Å². The first-order chi connectivity index (χ1) is 9.15. The van der Waals surface area contributed by atoms with Gasteiger partial charge >= 0.3 is 0 Å². The Hall–Kier alpha value is -1.66. The van der Waals surface area contributed by atoms with Gasteiger partial charge in [0.25, 0.3) is 0 Å². The zero-order valence-corrected chi connectivity index (χ0v) is 12.1. The fraction of sp³-hybridized carbons (Fsp3) is 0.231. The highest BCUT2D eigenvalue weighted by Crippen LogP contribution is 2.16. The zero-order valence-electron chi connectivity index (χ0n) is 10.5. The number of hydrogen-bond acceptors (Lipinski definition) is 5. The van der Waals surface area contributed by atoms with E-state index in [2.05, 4.69) is 31.8 Å². The largest absolute Gasteiger partial charge is 0.323 e. The Bertz CT molecular complexity index is 553. The lowest BCUT2D eigenvalue weighted by atomic mass is 10.1. The quantitative estimate of drug-likeness (QED) is 0.733. The summed E-state index contributed by atoms with van der Waals surface area (Å²) in [7, 11) is 0. The molecule has 0 saturated carbocycles. The molecule has 0 radical (unpaired) electrons. The molecular formula is C13H15BrN4O. The molecule has 1 unspecified atom stereocenters. The van der Waals surface area contributed by atoms with Crippen molar-refractivity contribution in [2.45, 2.75) is 19.4 Å². The third kappa shape index (κ3) is 3.02. The molecule has 0 aliphatic carbocycles. The van der Waals surface area contributed by atoms with Crippen LogP contribution in [0.1, 0.15) is 18.9 Å². The van der Waals surface area contributed by atoms with E-state index in [0.29, 0.717) is 17.2 Å². The average molecular weight is 323 g/mol. The number of carbonyl (C=O) groups is 1. The van der Waals surface area contributed by atoms with Gasteiger partial charge in [0.05, 0.1) is 5.70 Å². The van der Waals surface area contributed by atoms with Gasteiger partial charge in [-0.1, -0.05) is 35.0 Å². The SMILES string of the molecule is CCC(N)C1=C(C=O)N=C(c2cccc(Br)c2)NN1. The Kier molecular flexibility index (Phi) is 4.34. The number of carbonyl (C=O) groups excluding carboxylic acids is 1. The lowest BCUT2D eigenvalue weighted by Crippen LogP contribution is -2.46. The number of nitrogens with two attached hydrogens (primary N) is 1. The van der Waals surface area contributed by atoms with Crippen LogP contribution in [-0.2, 0) is 4.79 Å². The highest BCUT2D eigenvalue weighted by molar-refractivity contribution is 9.10. The predicted octanol–water partition coefficient (Wildman–Crippen LogP) is 1.45. The van der Waals surface area contributed by atoms with Crippen LogP contribution in [0.15, 0.2) is 45.1 Å². The Morgan fingerprint density at radius 2 is 2.26 bits per heavy atom. The highest BCUT2D eigenvalue weighted by atomic mass is 79.9. The second-order valence-electron chi connectivity index (χ2n) is 4.15. The second-order valence-corrected chi connectivity index (χ2v) is 5.07. The topological polar surface area (TPSA) is 79.5 Å². The third-order valence-corrected chi connectivity index (χ3v) is 3.34. The van der Waals surface area contributed by atoms with Gasteiger partial charge in [0.15, 0.2) is 12.1 Å². The fourth-order valence-corrected chi connectivity index (χ4v) is 2.15. The van der Waals surface area contributed by atoms with E-state index in [1.54, 1.807) is 0 Å². The van der Waals surface area contributed by atoms with Crippen molar-refractivity contribution in [3.05, 3.63) is 45.7 Å². The van der Waals surface area contributed by atoms with Crippen LogP contribution >= 0.6 is 15.9 Å². The van der Waals surface area contributed by atoms with Crippen molar-refractivity contribution in [3.8, 4) is 0 Å². The zero-order chi connectivity index (χ0) is 13.8. The molecule has 0 bridgehead atoms. The number of aldehydes is 1. The van der Waals surface area contributed by atoms with Gasteiger partial charge in [-0.3, -0.25) is 15.6 Å². The molecule has 1 aliphatic rings. The van der Waals surface area contributed by atoms with Gasteiger partial charge in [0.2, 0.25) is 0 Å². The summed E-state index contributed by atoms with van der Waals surface area (Å²) < 4.78 is 0.946. The van der Waals surface area contributed by atoms with E-state index in [4.69, 9.17) is 5.73 Å². The number of halogens is 1. The van der Waals surface area contributed by atoms with Gasteiger partial charge in [-0.25, -0.2) is 4.99 Å². The number of allylic oxidation sites excluding steroid dienone is 1. The second kappa shape index (κ2) is 5.99. The van der Waals surface area contributed by atoms with Crippen LogP contribution < -0.4 is 16.6 Å². The molecule has 0 spiro atoms. The molecule has 4 N–H and O–H groups in total. The molecule has 1 aromatic carbocycles. The number of hydrogen-bond donors (Lipinski definition) is 3. The molecule has 1 heterocycles. The van der Waals surface area contributed by atoms with Gasteiger partial charge in [-0.15, -0.1) is 0 Å². The summed E-state index contributed by atoms with van der Waals surface area (Å²) in [6, 6.07) is 7.42. The van der Waals surface area contributed by atoms with Crippen molar-refractivity contribution < 1.29 is 4.79 Å². The van der Waals surface area contributed by atoms with Crippen molar-refractivity contribution in [1.82, 2.24) is 10.9 Å². The lowest BCUT2D eigenvalue weighted by Gasteiger charge is -2.24. The number of hydrazine groups is 1. The molecule has 19 heavy (non-hydrogen) atoms. The molecule has 6 heteroatoms. The molecule has 0 aromatic heterocycles. The maximum Gasteiger partial charge on any atom is 0.170 e. The minimum absolute atomic E-state index is 0.236. The van der Waals surface area contributed by atoms with Gasteiger partial charge in [0.1, 0.15) is 5.70 Å². The maximum atomic E-state index is 11.1. The summed E-state index contributed by atoms with van der Waals surface area (Å²) in [5, 5.41) is 0. The summed E-state index contributed by atoms with van der Waals surface area (Å²) in [6.45, 7) is 1.95. The van der Waals surface area contributed by atoms with Crippen LogP contribution in [0.2, 0.25) is 0 Å². The predicted molar refractivity (Wildman–Crippen MR) is 78.3 cm³/mol. The highest BCUT2D eigenvalue weighted by Gasteiger charge is 2.19. The monoisotopic (exact) mass is 322 g/mol. The molecule has 1 atom stereocenters. The Morgan fingerprint density at radius 1 is 1.47 bits per heavy atom. The van der Waals surface area contributed by atoms with Gasteiger partial charge in [-0.2, -0.15) is 0 Å². The van der Waals surface area contributed by atoms with Gasteiger partial charge < -0.3 is 5.73 Å².